The van der Waals surface area contributed by atoms with Gasteiger partial charge in [-0.05, 0) is 37.0 Å². The molecule has 2 N–H and O–H groups in total. The van der Waals surface area contributed by atoms with E-state index in [0.29, 0.717) is 16.9 Å². The van der Waals surface area contributed by atoms with Crippen LogP contribution < -0.4 is 11.0 Å². The summed E-state index contributed by atoms with van der Waals surface area (Å²) < 4.78 is 30.2. The molecular formula is C23H24F2N4O3. The molecule has 2 fully saturated rings. The Labute approximate surface area is 182 Å². The smallest absolute Gasteiger partial charge is 0.405 e. The Morgan fingerprint density at radius 3 is 2.38 bits per heavy atom. The van der Waals surface area contributed by atoms with E-state index in [0.717, 1.165) is 30.4 Å². The summed E-state index contributed by atoms with van der Waals surface area (Å²) in [6.45, 7) is 1.44. The average Bonchev–Trinajstić information content (AvgIpc) is 3.14. The minimum Gasteiger partial charge on any atom is -0.465 e. The van der Waals surface area contributed by atoms with Gasteiger partial charge in [-0.3, -0.25) is 9.13 Å². The quantitative estimate of drug-likeness (QED) is 0.623. The van der Waals surface area contributed by atoms with Crippen LogP contribution in [0.25, 0.3) is 22.4 Å². The zero-order valence-corrected chi connectivity index (χ0v) is 17.9. The van der Waals surface area contributed by atoms with Crippen molar-refractivity contribution in [3.05, 3.63) is 52.4 Å². The maximum Gasteiger partial charge on any atom is 0.405 e. The Morgan fingerprint density at radius 1 is 1.19 bits per heavy atom. The molecule has 32 heavy (non-hydrogen) atoms. The second kappa shape index (κ2) is 6.63. The number of amides is 1. The van der Waals surface area contributed by atoms with Crippen LogP contribution in [0.5, 0.6) is 0 Å². The van der Waals surface area contributed by atoms with E-state index in [1.807, 2.05) is 24.3 Å². The van der Waals surface area contributed by atoms with Gasteiger partial charge in [-0.1, -0.05) is 31.2 Å². The van der Waals surface area contributed by atoms with Crippen LogP contribution in [0.4, 0.5) is 13.6 Å². The number of aryl methyl sites for hydroxylation is 1. The van der Waals surface area contributed by atoms with E-state index in [1.165, 1.54) is 16.1 Å². The second-order valence-corrected chi connectivity index (χ2v) is 9.35. The minimum absolute atomic E-state index is 0.0510. The Bertz CT molecular complexity index is 1290. The van der Waals surface area contributed by atoms with Crippen LogP contribution in [0.1, 0.15) is 38.2 Å². The first-order chi connectivity index (χ1) is 15.1. The van der Waals surface area contributed by atoms with E-state index in [-0.39, 0.29) is 18.7 Å². The van der Waals surface area contributed by atoms with Gasteiger partial charge in [0, 0.05) is 25.6 Å². The molecule has 0 bridgehead atoms. The van der Waals surface area contributed by atoms with E-state index < -0.39 is 23.0 Å². The summed E-state index contributed by atoms with van der Waals surface area (Å²) in [7, 11) is 1.59. The van der Waals surface area contributed by atoms with Gasteiger partial charge in [0.1, 0.15) is 0 Å². The summed E-state index contributed by atoms with van der Waals surface area (Å²) in [4.78, 5) is 28.5. The molecule has 1 amide bonds. The highest BCUT2D eigenvalue weighted by Crippen LogP contribution is 2.61. The van der Waals surface area contributed by atoms with Crippen molar-refractivity contribution >= 4 is 17.3 Å². The largest absolute Gasteiger partial charge is 0.465 e. The molecular weight excluding hydrogens is 418 g/mol. The van der Waals surface area contributed by atoms with Crippen molar-refractivity contribution in [1.29, 1.82) is 0 Å². The topological polar surface area (TPSA) is 89.2 Å². The van der Waals surface area contributed by atoms with Gasteiger partial charge in [-0.2, -0.15) is 0 Å². The summed E-state index contributed by atoms with van der Waals surface area (Å²) in [6.07, 6.45) is 1.23. The standard InChI is InChI=1S/C23H24F2N4O3/c1-21(12-23(21,24)25)13-29-17-9-8-16(26-18(17)28(2)20(29)32)14-4-6-15(7-5-14)22(10-3-11-22)27-19(30)31/h4-9,27H,3,10-13H2,1-2H3,(H,30,31). The summed E-state index contributed by atoms with van der Waals surface area (Å²) in [5.41, 5.74) is 1.23. The summed E-state index contributed by atoms with van der Waals surface area (Å²) in [5, 5.41) is 11.8. The maximum absolute atomic E-state index is 13.7. The number of carbonyl (C=O) groups is 1. The highest BCUT2D eigenvalue weighted by molar-refractivity contribution is 5.76. The van der Waals surface area contributed by atoms with E-state index >= 15 is 0 Å². The number of carboxylic acid groups (broad SMARTS) is 1. The van der Waals surface area contributed by atoms with Gasteiger partial charge in [0.2, 0.25) is 0 Å². The fraction of sp³-hybridized carbons (Fsp3) is 0.435. The van der Waals surface area contributed by atoms with Gasteiger partial charge in [-0.15, -0.1) is 0 Å². The van der Waals surface area contributed by atoms with E-state index in [4.69, 9.17) is 5.11 Å². The fourth-order valence-electron chi connectivity index (χ4n) is 4.73. The summed E-state index contributed by atoms with van der Waals surface area (Å²) in [5.74, 6) is -2.75. The number of nitrogens with zero attached hydrogens (tertiary/aromatic N) is 3. The molecule has 1 unspecified atom stereocenters. The molecule has 0 aliphatic heterocycles. The van der Waals surface area contributed by atoms with Crippen LogP contribution in [-0.4, -0.2) is 31.2 Å². The van der Waals surface area contributed by atoms with E-state index in [9.17, 15) is 18.4 Å². The molecule has 0 saturated heterocycles. The number of aromatic nitrogens is 3. The number of alkyl halides is 2. The lowest BCUT2D eigenvalue weighted by atomic mass is 9.72. The molecule has 1 atom stereocenters. The van der Waals surface area contributed by atoms with Gasteiger partial charge >= 0.3 is 11.8 Å². The molecule has 0 spiro atoms. The molecule has 1 aromatic carbocycles. The van der Waals surface area contributed by atoms with Crippen molar-refractivity contribution in [3.8, 4) is 11.3 Å². The number of fused-ring (bicyclic) bond motifs is 1. The number of hydrogen-bond acceptors (Lipinski definition) is 3. The van der Waals surface area contributed by atoms with E-state index in [2.05, 4.69) is 10.3 Å². The van der Waals surface area contributed by atoms with Crippen molar-refractivity contribution in [2.24, 2.45) is 12.5 Å². The van der Waals surface area contributed by atoms with E-state index in [1.54, 1.807) is 19.2 Å². The van der Waals surface area contributed by atoms with Gasteiger partial charge in [-0.25, -0.2) is 23.4 Å². The number of pyridine rings is 1. The third-order valence-corrected chi connectivity index (χ3v) is 7.14. The first kappa shape index (κ1) is 20.7. The lowest BCUT2D eigenvalue weighted by Gasteiger charge is -2.42. The normalized spacial score (nSPS) is 23.0. The number of halogens is 2. The predicted molar refractivity (Wildman–Crippen MR) is 115 cm³/mol. The molecule has 0 radical (unpaired) electrons. The highest BCUT2D eigenvalue weighted by Gasteiger charge is 2.68. The van der Waals surface area contributed by atoms with Gasteiger partial charge in [0.15, 0.2) is 5.65 Å². The molecule has 2 heterocycles. The first-order valence-electron chi connectivity index (χ1n) is 10.6. The van der Waals surface area contributed by atoms with Crippen LogP contribution in [-0.2, 0) is 19.1 Å². The van der Waals surface area contributed by atoms with Gasteiger partial charge in [0.05, 0.1) is 22.2 Å². The SMILES string of the molecule is Cn1c(=O)n(CC2(C)CC2(F)F)c2ccc(-c3ccc(C4(NC(=O)O)CCC4)cc3)nc21. The van der Waals surface area contributed by atoms with Crippen molar-refractivity contribution in [2.75, 3.05) is 0 Å². The lowest BCUT2D eigenvalue weighted by molar-refractivity contribution is 0.0637. The molecule has 2 saturated carbocycles. The Hall–Kier alpha value is -3.23. The van der Waals surface area contributed by atoms with Crippen LogP contribution in [0.15, 0.2) is 41.2 Å². The number of rotatable bonds is 5. The number of nitrogens with one attached hydrogen (secondary N) is 1. The minimum atomic E-state index is -2.75. The molecule has 2 aliphatic rings. The maximum atomic E-state index is 13.7. The summed E-state index contributed by atoms with van der Waals surface area (Å²) >= 11 is 0. The van der Waals surface area contributed by atoms with Crippen molar-refractivity contribution in [1.82, 2.24) is 19.4 Å². The Balaban J connectivity index is 1.48. The number of benzene rings is 1. The van der Waals surface area contributed by atoms with Crippen LogP contribution >= 0.6 is 0 Å². The molecule has 3 aromatic rings. The third kappa shape index (κ3) is 3.02. The zero-order chi connectivity index (χ0) is 22.9. The molecule has 7 nitrogen and oxygen atoms in total. The number of imidazole rings is 1. The average molecular weight is 442 g/mol. The molecule has 2 aromatic heterocycles. The number of hydrogen-bond donors (Lipinski definition) is 2. The molecule has 2 aliphatic carbocycles. The predicted octanol–water partition coefficient (Wildman–Crippen LogP) is 4.09. The van der Waals surface area contributed by atoms with Crippen molar-refractivity contribution in [3.63, 3.8) is 0 Å². The molecule has 9 heteroatoms. The van der Waals surface area contributed by atoms with Crippen molar-refractivity contribution < 1.29 is 18.7 Å². The Kier molecular flexibility index (Phi) is 4.28. The first-order valence-corrected chi connectivity index (χ1v) is 10.6. The molecule has 5 rings (SSSR count). The van der Waals surface area contributed by atoms with Crippen LogP contribution in [0.3, 0.4) is 0 Å². The van der Waals surface area contributed by atoms with Crippen LogP contribution in [0, 0.1) is 5.41 Å². The molecule has 168 valence electrons. The zero-order valence-electron chi connectivity index (χ0n) is 17.9. The van der Waals surface area contributed by atoms with Gasteiger partial charge < -0.3 is 10.4 Å². The van der Waals surface area contributed by atoms with Crippen LogP contribution in [0.2, 0.25) is 0 Å². The lowest BCUT2D eigenvalue weighted by Crippen LogP contribution is -2.50. The second-order valence-electron chi connectivity index (χ2n) is 9.35. The third-order valence-electron chi connectivity index (χ3n) is 7.14. The van der Waals surface area contributed by atoms with Crippen molar-refractivity contribution in [2.45, 2.75) is 50.6 Å². The summed E-state index contributed by atoms with van der Waals surface area (Å²) in [6, 6.07) is 11.1. The van der Waals surface area contributed by atoms with Gasteiger partial charge in [0.25, 0.3) is 5.92 Å². The Morgan fingerprint density at radius 2 is 1.84 bits per heavy atom. The fourth-order valence-corrected chi connectivity index (χ4v) is 4.73. The highest BCUT2D eigenvalue weighted by atomic mass is 19.3. The monoisotopic (exact) mass is 442 g/mol.